The van der Waals surface area contributed by atoms with Crippen molar-refractivity contribution in [3.05, 3.63) is 48.5 Å². The lowest BCUT2D eigenvalue weighted by molar-refractivity contribution is -0.00100. The molecule has 2 aromatic rings. The van der Waals surface area contributed by atoms with Gasteiger partial charge in [-0.3, -0.25) is 4.90 Å². The van der Waals surface area contributed by atoms with E-state index in [1.54, 1.807) is 6.07 Å². The molecule has 2 aliphatic heterocycles. The first kappa shape index (κ1) is 22.4. The predicted octanol–water partition coefficient (Wildman–Crippen LogP) is -4.01. The van der Waals surface area contributed by atoms with Crippen molar-refractivity contribution in [1.29, 1.82) is 0 Å². The Labute approximate surface area is 177 Å². The number of aliphatic hydroxyl groups is 1. The zero-order chi connectivity index (χ0) is 17.8. The van der Waals surface area contributed by atoms with E-state index >= 15 is 0 Å². The molecule has 0 saturated carbocycles. The molecule has 2 aromatic carbocycles. The van der Waals surface area contributed by atoms with Gasteiger partial charge in [0.05, 0.1) is 0 Å². The second kappa shape index (κ2) is 10.6. The summed E-state index contributed by atoms with van der Waals surface area (Å²) in [6.07, 6.45) is -0.524. The van der Waals surface area contributed by atoms with Crippen molar-refractivity contribution in [1.82, 2.24) is 4.90 Å². The number of halogens is 2. The Kier molecular flexibility index (Phi) is 8.51. The lowest BCUT2D eigenvalue weighted by Gasteiger charge is -2.36. The molecule has 0 amide bonds. The van der Waals surface area contributed by atoms with Crippen LogP contribution in [0.5, 0.6) is 17.2 Å². The summed E-state index contributed by atoms with van der Waals surface area (Å²) in [6, 6.07) is 15.9. The first-order chi connectivity index (χ1) is 12.8. The fourth-order valence-corrected chi connectivity index (χ4v) is 3.34. The monoisotopic (exact) mass is 426 g/mol. The Balaban J connectivity index is 0.00000140. The standard InChI is InChI=1S/C20H24N2O4.2ClH/c23-17(14-24-18-6-7-19-20(12-18)26-15-25-19)13-21-8-10-22(11-9-21)16-4-2-1-3-5-16;;/h1-7,12,17,23H,8-11,13-15H2;2*1H/p-2. The van der Waals surface area contributed by atoms with Crippen LogP contribution in [-0.2, 0) is 0 Å². The molecule has 1 fully saturated rings. The lowest BCUT2D eigenvalue weighted by atomic mass is 10.2. The number of nitrogens with zero attached hydrogens (tertiary/aromatic N) is 2. The molecule has 0 bridgehead atoms. The Hall–Kier alpha value is -1.86. The molecule has 8 heteroatoms. The average Bonchev–Trinajstić information content (AvgIpc) is 3.15. The summed E-state index contributed by atoms with van der Waals surface area (Å²) in [4.78, 5) is 4.67. The first-order valence-corrected chi connectivity index (χ1v) is 9.01. The van der Waals surface area contributed by atoms with Crippen molar-refractivity contribution < 1.29 is 44.1 Å². The van der Waals surface area contributed by atoms with E-state index in [1.165, 1.54) is 5.69 Å². The van der Waals surface area contributed by atoms with Gasteiger partial charge in [0.15, 0.2) is 11.5 Å². The smallest absolute Gasteiger partial charge is 0.231 e. The summed E-state index contributed by atoms with van der Waals surface area (Å²) >= 11 is 0. The third-order valence-electron chi connectivity index (χ3n) is 4.75. The molecule has 1 atom stereocenters. The van der Waals surface area contributed by atoms with E-state index < -0.39 is 6.10 Å². The van der Waals surface area contributed by atoms with Crippen LogP contribution in [0.3, 0.4) is 0 Å². The molecule has 154 valence electrons. The highest BCUT2D eigenvalue weighted by atomic mass is 35.5. The Morgan fingerprint density at radius 1 is 0.929 bits per heavy atom. The van der Waals surface area contributed by atoms with Gasteiger partial charge in [0.2, 0.25) is 6.79 Å². The van der Waals surface area contributed by atoms with Crippen molar-refractivity contribution in [2.45, 2.75) is 6.10 Å². The van der Waals surface area contributed by atoms with Gasteiger partial charge in [0, 0.05) is 44.5 Å². The SMILES string of the molecule is OC(COc1ccc2c(c1)OCO2)CN1CCN(c2ccccc2)CC1.[Cl-].[Cl-]. The van der Waals surface area contributed by atoms with Gasteiger partial charge in [-0.15, -0.1) is 0 Å². The summed E-state index contributed by atoms with van der Waals surface area (Å²) in [5, 5.41) is 10.3. The van der Waals surface area contributed by atoms with Gasteiger partial charge >= 0.3 is 0 Å². The van der Waals surface area contributed by atoms with E-state index in [2.05, 4.69) is 34.1 Å². The molecule has 28 heavy (non-hydrogen) atoms. The minimum Gasteiger partial charge on any atom is -1.00 e. The fourth-order valence-electron chi connectivity index (χ4n) is 3.34. The van der Waals surface area contributed by atoms with Crippen LogP contribution in [0.1, 0.15) is 0 Å². The third kappa shape index (κ3) is 5.58. The number of hydrogen-bond acceptors (Lipinski definition) is 6. The number of piperazine rings is 1. The van der Waals surface area contributed by atoms with Crippen molar-refractivity contribution >= 4 is 5.69 Å². The summed E-state index contributed by atoms with van der Waals surface area (Å²) in [7, 11) is 0. The summed E-state index contributed by atoms with van der Waals surface area (Å²) in [5.41, 5.74) is 1.26. The van der Waals surface area contributed by atoms with Crippen LogP contribution in [0, 0.1) is 0 Å². The van der Waals surface area contributed by atoms with Crippen LogP contribution in [0.15, 0.2) is 48.5 Å². The highest BCUT2D eigenvalue weighted by Gasteiger charge is 2.20. The number of aliphatic hydroxyl groups excluding tert-OH is 1. The van der Waals surface area contributed by atoms with Crippen LogP contribution in [0.2, 0.25) is 0 Å². The third-order valence-corrected chi connectivity index (χ3v) is 4.75. The molecule has 1 unspecified atom stereocenters. The lowest BCUT2D eigenvalue weighted by Crippen LogP contribution is -3.00. The Morgan fingerprint density at radius 3 is 2.39 bits per heavy atom. The van der Waals surface area contributed by atoms with E-state index in [1.807, 2.05) is 18.2 Å². The second-order valence-corrected chi connectivity index (χ2v) is 6.60. The molecular weight excluding hydrogens is 403 g/mol. The number of hydrogen-bond donors (Lipinski definition) is 1. The Morgan fingerprint density at radius 2 is 1.64 bits per heavy atom. The zero-order valence-corrected chi connectivity index (χ0v) is 17.0. The van der Waals surface area contributed by atoms with Crippen LogP contribution < -0.4 is 43.9 Å². The van der Waals surface area contributed by atoms with E-state index in [0.717, 1.165) is 31.9 Å². The van der Waals surface area contributed by atoms with Gasteiger partial charge in [0.25, 0.3) is 0 Å². The maximum atomic E-state index is 10.3. The maximum Gasteiger partial charge on any atom is 0.231 e. The fraction of sp³-hybridized carbons (Fsp3) is 0.400. The maximum absolute atomic E-state index is 10.3. The molecule has 2 aliphatic rings. The van der Waals surface area contributed by atoms with Gasteiger partial charge in [0.1, 0.15) is 18.5 Å². The van der Waals surface area contributed by atoms with Crippen LogP contribution in [0.25, 0.3) is 0 Å². The molecule has 0 aromatic heterocycles. The summed E-state index contributed by atoms with van der Waals surface area (Å²) in [6.45, 7) is 4.95. The van der Waals surface area contributed by atoms with Crippen molar-refractivity contribution in [2.75, 3.05) is 51.0 Å². The van der Waals surface area contributed by atoms with Crippen molar-refractivity contribution in [3.63, 3.8) is 0 Å². The first-order valence-electron chi connectivity index (χ1n) is 9.01. The van der Waals surface area contributed by atoms with Crippen LogP contribution in [0.4, 0.5) is 5.69 Å². The predicted molar refractivity (Wildman–Crippen MR) is 99.2 cm³/mol. The van der Waals surface area contributed by atoms with E-state index in [-0.39, 0.29) is 38.2 Å². The number of benzene rings is 2. The topological polar surface area (TPSA) is 54.4 Å². The Bertz CT molecular complexity index is 727. The number of fused-ring (bicyclic) bond motifs is 1. The van der Waals surface area contributed by atoms with Gasteiger partial charge in [-0.05, 0) is 24.3 Å². The molecule has 4 rings (SSSR count). The molecule has 0 radical (unpaired) electrons. The zero-order valence-electron chi connectivity index (χ0n) is 15.5. The van der Waals surface area contributed by atoms with Gasteiger partial charge in [-0.25, -0.2) is 0 Å². The molecular formula is C20H24Cl2N2O4-2. The number of rotatable bonds is 6. The molecule has 2 heterocycles. The quantitative estimate of drug-likeness (QED) is 0.507. The molecule has 1 N–H and O–H groups in total. The van der Waals surface area contributed by atoms with E-state index in [4.69, 9.17) is 14.2 Å². The summed E-state index contributed by atoms with van der Waals surface area (Å²) in [5.74, 6) is 2.10. The van der Waals surface area contributed by atoms with Crippen molar-refractivity contribution in [3.8, 4) is 17.2 Å². The largest absolute Gasteiger partial charge is 1.00 e. The molecule has 0 aliphatic carbocycles. The number of ether oxygens (including phenoxy) is 3. The molecule has 0 spiro atoms. The highest BCUT2D eigenvalue weighted by Crippen LogP contribution is 2.35. The number of para-hydroxylation sites is 1. The molecule has 1 saturated heterocycles. The highest BCUT2D eigenvalue weighted by molar-refractivity contribution is 5.47. The minimum atomic E-state index is -0.524. The van der Waals surface area contributed by atoms with Gasteiger partial charge in [-0.2, -0.15) is 0 Å². The number of β-amino-alcohol motifs (C(OH)–C–C–N with tert-alkyl or cyclic N) is 1. The number of anilines is 1. The van der Waals surface area contributed by atoms with Crippen LogP contribution >= 0.6 is 0 Å². The molecule has 6 nitrogen and oxygen atoms in total. The minimum absolute atomic E-state index is 0. The normalized spacial score (nSPS) is 16.7. The summed E-state index contributed by atoms with van der Waals surface area (Å²) < 4.78 is 16.3. The van der Waals surface area contributed by atoms with Crippen LogP contribution in [-0.4, -0.2) is 62.2 Å². The second-order valence-electron chi connectivity index (χ2n) is 6.60. The van der Waals surface area contributed by atoms with E-state index in [9.17, 15) is 5.11 Å². The average molecular weight is 427 g/mol. The van der Waals surface area contributed by atoms with Gasteiger partial charge in [-0.1, -0.05) is 18.2 Å². The van der Waals surface area contributed by atoms with E-state index in [0.29, 0.717) is 18.0 Å². The van der Waals surface area contributed by atoms with Crippen molar-refractivity contribution in [2.24, 2.45) is 0 Å². The van der Waals surface area contributed by atoms with Gasteiger partial charge < -0.3 is 49.0 Å².